The second-order valence-corrected chi connectivity index (χ2v) is 7.23. The third-order valence-corrected chi connectivity index (χ3v) is 4.60. The van der Waals surface area contributed by atoms with E-state index in [2.05, 4.69) is 10.6 Å². The number of benzene rings is 2. The molecule has 0 radical (unpaired) electrons. The number of carboxylic acid groups (broad SMARTS) is 1. The van der Waals surface area contributed by atoms with E-state index in [-0.39, 0.29) is 17.7 Å². The number of carbonyl (C=O) groups is 3. The minimum atomic E-state index is -0.907. The van der Waals surface area contributed by atoms with Gasteiger partial charge in [0.1, 0.15) is 6.04 Å². The van der Waals surface area contributed by atoms with Crippen molar-refractivity contribution in [3.63, 3.8) is 0 Å². The van der Waals surface area contributed by atoms with Crippen molar-refractivity contribution >= 4 is 23.5 Å². The van der Waals surface area contributed by atoms with Crippen molar-refractivity contribution in [1.82, 2.24) is 5.32 Å². The maximum absolute atomic E-state index is 12.7. The van der Waals surface area contributed by atoms with Gasteiger partial charge in [-0.1, -0.05) is 43.7 Å². The van der Waals surface area contributed by atoms with Crippen LogP contribution in [-0.4, -0.2) is 28.9 Å². The highest BCUT2D eigenvalue weighted by Crippen LogP contribution is 2.19. The summed E-state index contributed by atoms with van der Waals surface area (Å²) in [6.07, 6.45) is 0. The zero-order valence-electron chi connectivity index (χ0n) is 16.5. The zero-order chi connectivity index (χ0) is 20.8. The van der Waals surface area contributed by atoms with Crippen molar-refractivity contribution in [1.29, 1.82) is 0 Å². The van der Waals surface area contributed by atoms with E-state index in [9.17, 15) is 14.4 Å². The molecule has 0 aliphatic carbocycles. The number of aryl methyl sites for hydroxylation is 1. The number of carboxylic acids is 1. The third kappa shape index (κ3) is 5.42. The van der Waals surface area contributed by atoms with E-state index in [4.69, 9.17) is 5.11 Å². The average Bonchev–Trinajstić information content (AvgIpc) is 2.66. The van der Waals surface area contributed by atoms with Crippen LogP contribution in [0.25, 0.3) is 0 Å². The van der Waals surface area contributed by atoms with Gasteiger partial charge in [-0.2, -0.15) is 0 Å². The molecule has 0 saturated carbocycles. The van der Waals surface area contributed by atoms with Crippen LogP contribution in [0.15, 0.2) is 48.5 Å². The number of hydrogen-bond acceptors (Lipinski definition) is 3. The lowest BCUT2D eigenvalue weighted by Crippen LogP contribution is -2.47. The summed E-state index contributed by atoms with van der Waals surface area (Å²) in [5.74, 6) is -2.27. The Balaban J connectivity index is 2.07. The number of aliphatic carboxylic acids is 1. The molecule has 2 amide bonds. The van der Waals surface area contributed by atoms with Gasteiger partial charge in [-0.25, -0.2) is 0 Å². The summed E-state index contributed by atoms with van der Waals surface area (Å²) < 4.78 is 0. The van der Waals surface area contributed by atoms with Crippen molar-refractivity contribution in [3.8, 4) is 0 Å². The first-order valence-electron chi connectivity index (χ1n) is 9.20. The molecule has 0 spiro atoms. The SMILES string of the molecule is Cc1ccc(C(=O)NC(C(=O)Nc2ccc(C(C)C(=O)O)cc2)C(C)C)cc1. The van der Waals surface area contributed by atoms with Gasteiger partial charge in [-0.15, -0.1) is 0 Å². The van der Waals surface area contributed by atoms with Crippen LogP contribution < -0.4 is 10.6 Å². The summed E-state index contributed by atoms with van der Waals surface area (Å²) in [5.41, 5.74) is 2.74. The van der Waals surface area contributed by atoms with Crippen molar-refractivity contribution < 1.29 is 19.5 Å². The molecular formula is C22H26N2O4. The Labute approximate surface area is 165 Å². The molecule has 0 fully saturated rings. The van der Waals surface area contributed by atoms with Crippen LogP contribution in [0.2, 0.25) is 0 Å². The Bertz CT molecular complexity index is 842. The molecule has 0 bridgehead atoms. The molecule has 6 nitrogen and oxygen atoms in total. The topological polar surface area (TPSA) is 95.5 Å². The molecule has 0 aliphatic heterocycles. The normalized spacial score (nSPS) is 12.9. The quantitative estimate of drug-likeness (QED) is 0.682. The third-order valence-electron chi connectivity index (χ3n) is 4.60. The highest BCUT2D eigenvalue weighted by Gasteiger charge is 2.25. The molecule has 2 atom stereocenters. The number of nitrogens with one attached hydrogen (secondary N) is 2. The summed E-state index contributed by atoms with van der Waals surface area (Å²) >= 11 is 0. The Kier molecular flexibility index (Phi) is 6.93. The minimum Gasteiger partial charge on any atom is -0.481 e. The minimum absolute atomic E-state index is 0.110. The maximum Gasteiger partial charge on any atom is 0.310 e. The lowest BCUT2D eigenvalue weighted by molar-refractivity contribution is -0.138. The monoisotopic (exact) mass is 382 g/mol. The summed E-state index contributed by atoms with van der Waals surface area (Å²) in [4.78, 5) is 36.2. The zero-order valence-corrected chi connectivity index (χ0v) is 16.5. The first-order chi connectivity index (χ1) is 13.2. The highest BCUT2D eigenvalue weighted by atomic mass is 16.4. The summed E-state index contributed by atoms with van der Waals surface area (Å²) in [5, 5.41) is 14.6. The van der Waals surface area contributed by atoms with Crippen LogP contribution in [0.1, 0.15) is 48.2 Å². The van der Waals surface area contributed by atoms with E-state index in [0.29, 0.717) is 16.8 Å². The highest BCUT2D eigenvalue weighted by molar-refractivity contribution is 6.01. The molecule has 28 heavy (non-hydrogen) atoms. The molecule has 0 aliphatic rings. The second kappa shape index (κ2) is 9.17. The van der Waals surface area contributed by atoms with Gasteiger partial charge in [0, 0.05) is 11.3 Å². The number of hydrogen-bond donors (Lipinski definition) is 3. The molecule has 2 aromatic rings. The van der Waals surface area contributed by atoms with E-state index in [1.165, 1.54) is 0 Å². The van der Waals surface area contributed by atoms with E-state index < -0.39 is 17.9 Å². The van der Waals surface area contributed by atoms with Gasteiger partial charge in [0.15, 0.2) is 0 Å². The first-order valence-corrected chi connectivity index (χ1v) is 9.20. The molecule has 2 aromatic carbocycles. The largest absolute Gasteiger partial charge is 0.481 e. The fourth-order valence-corrected chi connectivity index (χ4v) is 2.68. The van der Waals surface area contributed by atoms with Gasteiger partial charge in [0.25, 0.3) is 5.91 Å². The molecular weight excluding hydrogens is 356 g/mol. The molecule has 0 saturated heterocycles. The molecule has 6 heteroatoms. The molecule has 0 aromatic heterocycles. The van der Waals surface area contributed by atoms with Crippen LogP contribution in [0, 0.1) is 12.8 Å². The van der Waals surface area contributed by atoms with Gasteiger partial charge in [0.2, 0.25) is 5.91 Å². The fourth-order valence-electron chi connectivity index (χ4n) is 2.68. The van der Waals surface area contributed by atoms with Crippen LogP contribution in [0.3, 0.4) is 0 Å². The van der Waals surface area contributed by atoms with Gasteiger partial charge >= 0.3 is 5.97 Å². The van der Waals surface area contributed by atoms with Crippen molar-refractivity contribution in [2.75, 3.05) is 5.32 Å². The average molecular weight is 382 g/mol. The molecule has 0 heterocycles. The summed E-state index contributed by atoms with van der Waals surface area (Å²) in [7, 11) is 0. The molecule has 2 rings (SSSR count). The van der Waals surface area contributed by atoms with E-state index in [1.807, 2.05) is 32.9 Å². The van der Waals surface area contributed by atoms with Gasteiger partial charge < -0.3 is 15.7 Å². The Morgan fingerprint density at radius 1 is 0.893 bits per heavy atom. The van der Waals surface area contributed by atoms with Crippen LogP contribution in [-0.2, 0) is 9.59 Å². The standard InChI is InChI=1S/C22H26N2O4/c1-13(2)19(24-20(25)17-7-5-14(3)6-8-17)21(26)23-18-11-9-16(10-12-18)15(4)22(27)28/h5-13,15,19H,1-4H3,(H,23,26)(H,24,25)(H,27,28). The molecule has 2 unspecified atom stereocenters. The van der Waals surface area contributed by atoms with Crippen LogP contribution in [0.4, 0.5) is 5.69 Å². The number of anilines is 1. The Morgan fingerprint density at radius 3 is 1.96 bits per heavy atom. The van der Waals surface area contributed by atoms with E-state index in [0.717, 1.165) is 5.56 Å². The number of carbonyl (C=O) groups excluding carboxylic acids is 2. The Hall–Kier alpha value is -3.15. The van der Waals surface area contributed by atoms with E-state index >= 15 is 0 Å². The summed E-state index contributed by atoms with van der Waals surface area (Å²) in [6.45, 7) is 7.26. The fraction of sp³-hybridized carbons (Fsp3) is 0.318. The maximum atomic E-state index is 12.7. The van der Waals surface area contributed by atoms with Gasteiger partial charge in [-0.3, -0.25) is 14.4 Å². The molecule has 3 N–H and O–H groups in total. The molecule has 148 valence electrons. The number of amides is 2. The van der Waals surface area contributed by atoms with Crippen molar-refractivity contribution in [3.05, 3.63) is 65.2 Å². The summed E-state index contributed by atoms with van der Waals surface area (Å²) in [6, 6.07) is 13.1. The van der Waals surface area contributed by atoms with Gasteiger partial charge in [0.05, 0.1) is 5.92 Å². The smallest absolute Gasteiger partial charge is 0.310 e. The van der Waals surface area contributed by atoms with Crippen molar-refractivity contribution in [2.45, 2.75) is 39.7 Å². The lowest BCUT2D eigenvalue weighted by atomic mass is 10.0. The van der Waals surface area contributed by atoms with Gasteiger partial charge in [-0.05, 0) is 49.6 Å². The van der Waals surface area contributed by atoms with E-state index in [1.54, 1.807) is 43.3 Å². The van der Waals surface area contributed by atoms with Crippen LogP contribution in [0.5, 0.6) is 0 Å². The van der Waals surface area contributed by atoms with Crippen LogP contribution >= 0.6 is 0 Å². The lowest BCUT2D eigenvalue weighted by Gasteiger charge is -2.22. The first kappa shape index (κ1) is 21.2. The second-order valence-electron chi connectivity index (χ2n) is 7.23. The Morgan fingerprint density at radius 2 is 1.46 bits per heavy atom. The predicted octanol–water partition coefficient (Wildman–Crippen LogP) is 3.58. The van der Waals surface area contributed by atoms with Crippen molar-refractivity contribution in [2.24, 2.45) is 5.92 Å². The predicted molar refractivity (Wildman–Crippen MR) is 108 cm³/mol. The number of rotatable bonds is 7.